The van der Waals surface area contributed by atoms with E-state index in [1.807, 2.05) is 24.3 Å². The van der Waals surface area contributed by atoms with E-state index in [1.54, 1.807) is 0 Å². The van der Waals surface area contributed by atoms with Crippen LogP contribution in [-0.4, -0.2) is 7.85 Å². The molecule has 0 saturated carbocycles. The zero-order valence-electron chi connectivity index (χ0n) is 9.34. The Morgan fingerprint density at radius 2 is 1.38 bits per heavy atom. The first-order chi connectivity index (χ1) is 7.86. The van der Waals surface area contributed by atoms with Crippen molar-refractivity contribution < 1.29 is 0 Å². The van der Waals surface area contributed by atoms with Crippen molar-refractivity contribution in [2.45, 2.75) is 18.7 Å². The Balaban J connectivity index is 1.92. The van der Waals surface area contributed by atoms with Crippen molar-refractivity contribution in [3.8, 4) is 0 Å². The van der Waals surface area contributed by atoms with Gasteiger partial charge in [0.2, 0.25) is 0 Å². The lowest BCUT2D eigenvalue weighted by atomic mass is 9.77. The minimum atomic E-state index is 0.140. The quantitative estimate of drug-likeness (QED) is 0.671. The Morgan fingerprint density at radius 1 is 0.812 bits per heavy atom. The zero-order chi connectivity index (χ0) is 11.2. The monoisotopic (exact) mass is 206 g/mol. The molecule has 0 aromatic heterocycles. The average Bonchev–Trinajstić information content (AvgIpc) is 2.38. The van der Waals surface area contributed by atoms with Crippen molar-refractivity contribution in [1.29, 1.82) is 0 Å². The Morgan fingerprint density at radius 3 is 2.00 bits per heavy atom. The summed E-state index contributed by atoms with van der Waals surface area (Å²) in [4.78, 5) is 0. The highest BCUT2D eigenvalue weighted by Crippen LogP contribution is 2.17. The van der Waals surface area contributed by atoms with Gasteiger partial charge in [0.25, 0.3) is 0 Å². The van der Waals surface area contributed by atoms with E-state index >= 15 is 0 Å². The van der Waals surface area contributed by atoms with Crippen LogP contribution in [0.2, 0.25) is 0 Å². The fourth-order valence-corrected chi connectivity index (χ4v) is 1.83. The Hall–Kier alpha value is -1.50. The molecule has 78 valence electrons. The summed E-state index contributed by atoms with van der Waals surface area (Å²) in [6.07, 6.45) is 2.03. The van der Waals surface area contributed by atoms with Crippen LogP contribution in [0.15, 0.2) is 60.7 Å². The molecule has 0 saturated heterocycles. The third kappa shape index (κ3) is 3.00. The van der Waals surface area contributed by atoms with Gasteiger partial charge in [-0.25, -0.2) is 0 Å². The maximum Gasteiger partial charge on any atom is 0.0763 e. The molecular formula is C15H15B. The summed E-state index contributed by atoms with van der Waals surface area (Å²) in [5, 5.41) is 0. The SMILES string of the molecule is [B]C(CCc1ccccc1)c1ccccc1. The first kappa shape index (κ1) is 11.0. The molecule has 0 aliphatic carbocycles. The number of hydrogen-bond donors (Lipinski definition) is 0. The van der Waals surface area contributed by atoms with Crippen molar-refractivity contribution >= 4 is 7.85 Å². The molecular weight excluding hydrogens is 191 g/mol. The molecule has 0 spiro atoms. The van der Waals surface area contributed by atoms with E-state index in [2.05, 4.69) is 36.4 Å². The van der Waals surface area contributed by atoms with Gasteiger partial charge in [-0.2, -0.15) is 0 Å². The van der Waals surface area contributed by atoms with E-state index in [9.17, 15) is 0 Å². The van der Waals surface area contributed by atoms with E-state index in [-0.39, 0.29) is 5.82 Å². The average molecular weight is 206 g/mol. The van der Waals surface area contributed by atoms with Crippen molar-refractivity contribution in [3.63, 3.8) is 0 Å². The van der Waals surface area contributed by atoms with Gasteiger partial charge in [0.15, 0.2) is 0 Å². The molecule has 0 aliphatic heterocycles. The lowest BCUT2D eigenvalue weighted by Crippen LogP contribution is -2.00. The summed E-state index contributed by atoms with van der Waals surface area (Å²) in [6, 6.07) is 20.8. The normalized spacial score (nSPS) is 12.2. The van der Waals surface area contributed by atoms with Crippen LogP contribution < -0.4 is 0 Å². The molecule has 2 aromatic rings. The van der Waals surface area contributed by atoms with Gasteiger partial charge in [-0.3, -0.25) is 0 Å². The standard InChI is InChI=1S/C15H15B/c16-15(14-9-5-2-6-10-14)12-11-13-7-3-1-4-8-13/h1-10,15H,11-12H2. The summed E-state index contributed by atoms with van der Waals surface area (Å²) in [5.41, 5.74) is 2.58. The topological polar surface area (TPSA) is 0 Å². The highest BCUT2D eigenvalue weighted by atomic mass is 14.0. The summed E-state index contributed by atoms with van der Waals surface area (Å²) >= 11 is 0. The first-order valence-corrected chi connectivity index (χ1v) is 5.71. The molecule has 0 bridgehead atoms. The minimum absolute atomic E-state index is 0.140. The van der Waals surface area contributed by atoms with Gasteiger partial charge in [-0.1, -0.05) is 78.5 Å². The lowest BCUT2D eigenvalue weighted by Gasteiger charge is -2.11. The summed E-state index contributed by atoms with van der Waals surface area (Å²) < 4.78 is 0. The molecule has 1 atom stereocenters. The van der Waals surface area contributed by atoms with Crippen molar-refractivity contribution in [2.24, 2.45) is 0 Å². The molecule has 0 aliphatic rings. The summed E-state index contributed by atoms with van der Waals surface area (Å²) in [5.74, 6) is 0.140. The van der Waals surface area contributed by atoms with E-state index < -0.39 is 0 Å². The predicted octanol–water partition coefficient (Wildman–Crippen LogP) is 3.53. The predicted molar refractivity (Wildman–Crippen MR) is 69.7 cm³/mol. The molecule has 0 fully saturated rings. The maximum atomic E-state index is 6.14. The van der Waals surface area contributed by atoms with Crippen molar-refractivity contribution in [2.75, 3.05) is 0 Å². The van der Waals surface area contributed by atoms with Crippen LogP contribution in [0.4, 0.5) is 0 Å². The Bertz CT molecular complexity index is 408. The second kappa shape index (κ2) is 5.55. The van der Waals surface area contributed by atoms with Crippen LogP contribution in [0.25, 0.3) is 0 Å². The highest BCUT2D eigenvalue weighted by molar-refractivity contribution is 6.12. The third-order valence-electron chi connectivity index (χ3n) is 2.81. The second-order valence-electron chi connectivity index (χ2n) is 4.04. The van der Waals surface area contributed by atoms with Crippen LogP contribution >= 0.6 is 0 Å². The van der Waals surface area contributed by atoms with Crippen molar-refractivity contribution in [1.82, 2.24) is 0 Å². The van der Waals surface area contributed by atoms with Crippen LogP contribution in [-0.2, 0) is 6.42 Å². The van der Waals surface area contributed by atoms with Crippen LogP contribution in [0, 0.1) is 0 Å². The molecule has 2 rings (SSSR count). The van der Waals surface area contributed by atoms with Gasteiger partial charge in [-0.15, -0.1) is 0 Å². The highest BCUT2D eigenvalue weighted by Gasteiger charge is 2.04. The van der Waals surface area contributed by atoms with Crippen LogP contribution in [0.1, 0.15) is 23.4 Å². The van der Waals surface area contributed by atoms with E-state index in [1.165, 1.54) is 11.1 Å². The molecule has 0 nitrogen and oxygen atoms in total. The molecule has 2 radical (unpaired) electrons. The van der Waals surface area contributed by atoms with Crippen LogP contribution in [0.5, 0.6) is 0 Å². The smallest absolute Gasteiger partial charge is 0.0622 e. The minimum Gasteiger partial charge on any atom is -0.0622 e. The maximum absolute atomic E-state index is 6.14. The number of benzene rings is 2. The number of rotatable bonds is 4. The Kier molecular flexibility index (Phi) is 3.82. The van der Waals surface area contributed by atoms with E-state index in [0.29, 0.717) is 0 Å². The van der Waals surface area contributed by atoms with Crippen LogP contribution in [0.3, 0.4) is 0 Å². The first-order valence-electron chi connectivity index (χ1n) is 5.71. The van der Waals surface area contributed by atoms with Gasteiger partial charge < -0.3 is 0 Å². The largest absolute Gasteiger partial charge is 0.0763 e. The third-order valence-corrected chi connectivity index (χ3v) is 2.81. The summed E-state index contributed by atoms with van der Waals surface area (Å²) in [6.45, 7) is 0. The van der Waals surface area contributed by atoms with Crippen molar-refractivity contribution in [3.05, 3.63) is 71.8 Å². The molecule has 2 aromatic carbocycles. The second-order valence-corrected chi connectivity index (χ2v) is 4.04. The van der Waals surface area contributed by atoms with E-state index in [4.69, 9.17) is 7.85 Å². The molecule has 0 heterocycles. The zero-order valence-corrected chi connectivity index (χ0v) is 9.34. The van der Waals surface area contributed by atoms with E-state index in [0.717, 1.165) is 12.8 Å². The Labute approximate surface area is 98.7 Å². The fourth-order valence-electron chi connectivity index (χ4n) is 1.83. The molecule has 0 amide bonds. The molecule has 16 heavy (non-hydrogen) atoms. The van der Waals surface area contributed by atoms with Gasteiger partial charge in [-0.05, 0) is 12.0 Å². The molecule has 1 heteroatoms. The van der Waals surface area contributed by atoms with Gasteiger partial charge in [0.05, 0.1) is 7.85 Å². The number of aryl methyl sites for hydroxylation is 1. The molecule has 0 N–H and O–H groups in total. The van der Waals surface area contributed by atoms with Gasteiger partial charge in [0, 0.05) is 0 Å². The van der Waals surface area contributed by atoms with Gasteiger partial charge >= 0.3 is 0 Å². The summed E-state index contributed by atoms with van der Waals surface area (Å²) in [7, 11) is 6.14. The number of hydrogen-bond acceptors (Lipinski definition) is 0. The fraction of sp³-hybridized carbons (Fsp3) is 0.200. The lowest BCUT2D eigenvalue weighted by molar-refractivity contribution is 0.792. The molecule has 1 unspecified atom stereocenters. The van der Waals surface area contributed by atoms with Gasteiger partial charge in [0.1, 0.15) is 0 Å².